The summed E-state index contributed by atoms with van der Waals surface area (Å²) >= 11 is 0. The molecule has 0 bridgehead atoms. The normalized spacial score (nSPS) is 19.5. The number of ether oxygens (including phenoxy) is 1. The van der Waals surface area contributed by atoms with E-state index in [9.17, 15) is 5.11 Å². The van der Waals surface area contributed by atoms with Gasteiger partial charge in [0.2, 0.25) is 0 Å². The zero-order valence-corrected chi connectivity index (χ0v) is 11.5. The van der Waals surface area contributed by atoms with Crippen LogP contribution >= 0.6 is 0 Å². The van der Waals surface area contributed by atoms with Crippen molar-refractivity contribution in [2.75, 3.05) is 13.2 Å². The standard InChI is InChI=1S/C16H25NO2/c17-15(10-13-6-2-1-3-7-13)16(18)12-19-11-14-8-4-5-9-14/h1-3,6-7,14-16,18H,4-5,8-12,17H2. The van der Waals surface area contributed by atoms with Crippen molar-refractivity contribution in [3.63, 3.8) is 0 Å². The molecule has 1 aromatic carbocycles. The third kappa shape index (κ3) is 4.94. The Kier molecular flexibility index (Phi) is 5.83. The molecule has 2 rings (SSSR count). The molecule has 0 aliphatic heterocycles. The first-order valence-corrected chi connectivity index (χ1v) is 7.31. The minimum absolute atomic E-state index is 0.258. The van der Waals surface area contributed by atoms with E-state index in [0.29, 0.717) is 18.9 Å². The Morgan fingerprint density at radius 3 is 2.58 bits per heavy atom. The van der Waals surface area contributed by atoms with Gasteiger partial charge in [-0.1, -0.05) is 43.2 Å². The smallest absolute Gasteiger partial charge is 0.0927 e. The molecule has 0 saturated heterocycles. The van der Waals surface area contributed by atoms with Gasteiger partial charge in [-0.15, -0.1) is 0 Å². The molecule has 0 aromatic heterocycles. The fourth-order valence-electron chi connectivity index (χ4n) is 2.68. The van der Waals surface area contributed by atoms with Crippen LogP contribution in [0.3, 0.4) is 0 Å². The van der Waals surface area contributed by atoms with Gasteiger partial charge in [0, 0.05) is 12.6 Å². The van der Waals surface area contributed by atoms with Gasteiger partial charge < -0.3 is 15.6 Å². The molecule has 19 heavy (non-hydrogen) atoms. The van der Waals surface area contributed by atoms with Gasteiger partial charge in [0.25, 0.3) is 0 Å². The highest BCUT2D eigenvalue weighted by Gasteiger charge is 2.18. The molecule has 0 radical (unpaired) electrons. The van der Waals surface area contributed by atoms with Crippen LogP contribution in [0.15, 0.2) is 30.3 Å². The van der Waals surface area contributed by atoms with Gasteiger partial charge in [-0.25, -0.2) is 0 Å². The van der Waals surface area contributed by atoms with E-state index in [1.54, 1.807) is 0 Å². The molecule has 1 saturated carbocycles. The molecule has 0 amide bonds. The summed E-state index contributed by atoms with van der Waals surface area (Å²) in [4.78, 5) is 0. The van der Waals surface area contributed by atoms with Crippen LogP contribution in [0.25, 0.3) is 0 Å². The molecular formula is C16H25NO2. The Morgan fingerprint density at radius 1 is 1.21 bits per heavy atom. The second-order valence-corrected chi connectivity index (χ2v) is 5.61. The lowest BCUT2D eigenvalue weighted by Crippen LogP contribution is -2.40. The first kappa shape index (κ1) is 14.5. The van der Waals surface area contributed by atoms with Crippen molar-refractivity contribution < 1.29 is 9.84 Å². The van der Waals surface area contributed by atoms with E-state index in [4.69, 9.17) is 10.5 Å². The highest BCUT2D eigenvalue weighted by atomic mass is 16.5. The van der Waals surface area contributed by atoms with Crippen LogP contribution in [0.5, 0.6) is 0 Å². The predicted octanol–water partition coefficient (Wildman–Crippen LogP) is 2.12. The third-order valence-corrected chi connectivity index (χ3v) is 3.93. The molecule has 2 unspecified atom stereocenters. The van der Waals surface area contributed by atoms with Gasteiger partial charge in [-0.2, -0.15) is 0 Å². The first-order valence-electron chi connectivity index (χ1n) is 7.31. The van der Waals surface area contributed by atoms with Crippen molar-refractivity contribution in [1.82, 2.24) is 0 Å². The molecule has 0 spiro atoms. The summed E-state index contributed by atoms with van der Waals surface area (Å²) in [7, 11) is 0. The highest BCUT2D eigenvalue weighted by Crippen LogP contribution is 2.24. The summed E-state index contributed by atoms with van der Waals surface area (Å²) in [6.07, 6.45) is 5.29. The quantitative estimate of drug-likeness (QED) is 0.792. The molecule has 3 heteroatoms. The molecule has 1 aromatic rings. The molecule has 106 valence electrons. The largest absolute Gasteiger partial charge is 0.389 e. The number of benzene rings is 1. The second kappa shape index (κ2) is 7.63. The van der Waals surface area contributed by atoms with Crippen LogP contribution in [0.4, 0.5) is 0 Å². The minimum Gasteiger partial charge on any atom is -0.389 e. The lowest BCUT2D eigenvalue weighted by molar-refractivity contribution is 0.0107. The molecule has 1 fully saturated rings. The van der Waals surface area contributed by atoms with Crippen LogP contribution in [0.2, 0.25) is 0 Å². The Balaban J connectivity index is 1.65. The van der Waals surface area contributed by atoms with Crippen molar-refractivity contribution in [3.05, 3.63) is 35.9 Å². The number of aliphatic hydroxyl groups is 1. The molecule has 2 atom stereocenters. The average Bonchev–Trinajstić information content (AvgIpc) is 2.93. The van der Waals surface area contributed by atoms with E-state index in [1.807, 2.05) is 30.3 Å². The maximum Gasteiger partial charge on any atom is 0.0927 e. The molecule has 3 N–H and O–H groups in total. The van der Waals surface area contributed by atoms with Crippen molar-refractivity contribution in [2.24, 2.45) is 11.7 Å². The molecule has 1 aliphatic rings. The fraction of sp³-hybridized carbons (Fsp3) is 0.625. The second-order valence-electron chi connectivity index (χ2n) is 5.61. The van der Waals surface area contributed by atoms with Crippen molar-refractivity contribution in [3.8, 4) is 0 Å². The highest BCUT2D eigenvalue weighted by molar-refractivity contribution is 5.16. The van der Waals surface area contributed by atoms with Crippen LogP contribution in [0.1, 0.15) is 31.2 Å². The van der Waals surface area contributed by atoms with Crippen LogP contribution < -0.4 is 5.73 Å². The number of hydrogen-bond acceptors (Lipinski definition) is 3. The lowest BCUT2D eigenvalue weighted by Gasteiger charge is -2.20. The third-order valence-electron chi connectivity index (χ3n) is 3.93. The number of nitrogens with two attached hydrogens (primary N) is 1. The number of rotatable bonds is 7. The van der Waals surface area contributed by atoms with Gasteiger partial charge >= 0.3 is 0 Å². The van der Waals surface area contributed by atoms with E-state index in [2.05, 4.69) is 0 Å². The summed E-state index contributed by atoms with van der Waals surface area (Å²) in [6.45, 7) is 1.12. The predicted molar refractivity (Wildman–Crippen MR) is 76.9 cm³/mol. The monoisotopic (exact) mass is 263 g/mol. The molecule has 0 heterocycles. The Morgan fingerprint density at radius 2 is 1.89 bits per heavy atom. The fourth-order valence-corrected chi connectivity index (χ4v) is 2.68. The summed E-state index contributed by atoms with van der Waals surface area (Å²) in [5.74, 6) is 0.692. The molecule has 3 nitrogen and oxygen atoms in total. The Hall–Kier alpha value is -0.900. The molecule has 1 aliphatic carbocycles. The van der Waals surface area contributed by atoms with Crippen molar-refractivity contribution >= 4 is 0 Å². The summed E-state index contributed by atoms with van der Waals surface area (Å²) in [5.41, 5.74) is 7.17. The lowest BCUT2D eigenvalue weighted by atomic mass is 10.0. The zero-order valence-electron chi connectivity index (χ0n) is 11.5. The summed E-state index contributed by atoms with van der Waals surface area (Å²) in [6, 6.07) is 9.77. The first-order chi connectivity index (χ1) is 9.25. The minimum atomic E-state index is -0.582. The topological polar surface area (TPSA) is 55.5 Å². The van der Waals surface area contributed by atoms with Gasteiger partial charge in [0.1, 0.15) is 0 Å². The van der Waals surface area contributed by atoms with E-state index < -0.39 is 6.10 Å². The van der Waals surface area contributed by atoms with Gasteiger partial charge in [-0.3, -0.25) is 0 Å². The van der Waals surface area contributed by atoms with Crippen LogP contribution in [-0.4, -0.2) is 30.5 Å². The number of aliphatic hydroxyl groups excluding tert-OH is 1. The zero-order chi connectivity index (χ0) is 13.5. The SMILES string of the molecule is NC(Cc1ccccc1)C(O)COCC1CCCC1. The van der Waals surface area contributed by atoms with E-state index >= 15 is 0 Å². The number of hydrogen-bond donors (Lipinski definition) is 2. The maximum absolute atomic E-state index is 10.0. The van der Waals surface area contributed by atoms with Gasteiger partial charge in [0.15, 0.2) is 0 Å². The van der Waals surface area contributed by atoms with E-state index in [1.165, 1.54) is 25.7 Å². The van der Waals surface area contributed by atoms with Gasteiger partial charge in [-0.05, 0) is 30.7 Å². The average molecular weight is 263 g/mol. The summed E-state index contributed by atoms with van der Waals surface area (Å²) < 4.78 is 5.61. The maximum atomic E-state index is 10.0. The Bertz CT molecular complexity index is 349. The Labute approximate surface area is 115 Å². The van der Waals surface area contributed by atoms with Gasteiger partial charge in [0.05, 0.1) is 12.7 Å². The van der Waals surface area contributed by atoms with E-state index in [0.717, 1.165) is 12.2 Å². The summed E-state index contributed by atoms with van der Waals surface area (Å²) in [5, 5.41) is 10.0. The van der Waals surface area contributed by atoms with Crippen LogP contribution in [0, 0.1) is 5.92 Å². The van der Waals surface area contributed by atoms with Crippen LogP contribution in [-0.2, 0) is 11.2 Å². The molecular weight excluding hydrogens is 238 g/mol. The van der Waals surface area contributed by atoms with Crippen molar-refractivity contribution in [1.29, 1.82) is 0 Å². The van der Waals surface area contributed by atoms with Crippen molar-refractivity contribution in [2.45, 2.75) is 44.2 Å². The van der Waals surface area contributed by atoms with E-state index in [-0.39, 0.29) is 6.04 Å².